The van der Waals surface area contributed by atoms with Crippen LogP contribution >= 0.6 is 0 Å². The van der Waals surface area contributed by atoms with Crippen LogP contribution < -0.4 is 0 Å². The van der Waals surface area contributed by atoms with Crippen LogP contribution in [-0.4, -0.2) is 9.97 Å². The van der Waals surface area contributed by atoms with Crippen LogP contribution in [0.15, 0.2) is 114 Å². The Morgan fingerprint density at radius 2 is 1.30 bits per heavy atom. The zero-order valence-corrected chi connectivity index (χ0v) is 17.7. The van der Waals surface area contributed by atoms with Crippen molar-refractivity contribution in [1.82, 2.24) is 9.97 Å². The molecule has 0 spiro atoms. The fraction of sp³-hybridized carbons (Fsp3) is 0. The van der Waals surface area contributed by atoms with Crippen molar-refractivity contribution in [2.75, 3.05) is 0 Å². The molecule has 0 radical (unpaired) electrons. The average molecular weight is 422 g/mol. The molecule has 154 valence electrons. The molecule has 7 rings (SSSR count). The predicted molar refractivity (Wildman–Crippen MR) is 135 cm³/mol. The minimum atomic E-state index is 0.915. The van der Waals surface area contributed by atoms with Crippen molar-refractivity contribution in [3.8, 4) is 22.4 Å². The molecule has 0 unspecified atom stereocenters. The SMILES string of the molecule is c1cnc2c(c1)ccc1ccc(-c3ccc(-c4cccc5c4oc4ccccc45)cc3)nc12. The number of pyridine rings is 2. The van der Waals surface area contributed by atoms with Gasteiger partial charge in [-0.2, -0.15) is 0 Å². The van der Waals surface area contributed by atoms with E-state index >= 15 is 0 Å². The topological polar surface area (TPSA) is 38.9 Å². The fourth-order valence-electron chi connectivity index (χ4n) is 4.68. The van der Waals surface area contributed by atoms with E-state index in [2.05, 4.69) is 83.8 Å². The van der Waals surface area contributed by atoms with E-state index in [0.29, 0.717) is 0 Å². The summed E-state index contributed by atoms with van der Waals surface area (Å²) in [7, 11) is 0. The third kappa shape index (κ3) is 2.83. The standard InChI is InChI=1S/C30H18N2O/c1-2-9-27-24(6-1)25-8-3-7-23(30(25)33-27)19-10-12-20(13-11-19)26-17-16-22-15-14-21-5-4-18-31-28(21)29(22)32-26/h1-18H. The van der Waals surface area contributed by atoms with Crippen LogP contribution in [0.2, 0.25) is 0 Å². The summed E-state index contributed by atoms with van der Waals surface area (Å²) < 4.78 is 6.22. The van der Waals surface area contributed by atoms with Crippen molar-refractivity contribution in [2.24, 2.45) is 0 Å². The van der Waals surface area contributed by atoms with Gasteiger partial charge in [-0.1, -0.05) is 84.9 Å². The molecule has 3 nitrogen and oxygen atoms in total. The van der Waals surface area contributed by atoms with Gasteiger partial charge in [-0.15, -0.1) is 0 Å². The largest absolute Gasteiger partial charge is 0.455 e. The molecule has 0 amide bonds. The molecule has 3 heteroatoms. The van der Waals surface area contributed by atoms with E-state index in [1.54, 1.807) is 0 Å². The molecule has 0 N–H and O–H groups in total. The minimum absolute atomic E-state index is 0.915. The van der Waals surface area contributed by atoms with Crippen molar-refractivity contribution in [3.63, 3.8) is 0 Å². The lowest BCUT2D eigenvalue weighted by Crippen LogP contribution is -1.89. The third-order valence-electron chi connectivity index (χ3n) is 6.33. The van der Waals surface area contributed by atoms with Gasteiger partial charge in [0.2, 0.25) is 0 Å². The van der Waals surface area contributed by atoms with Gasteiger partial charge < -0.3 is 4.42 Å². The summed E-state index contributed by atoms with van der Waals surface area (Å²) in [5.41, 5.74) is 7.94. The normalized spacial score (nSPS) is 11.6. The van der Waals surface area contributed by atoms with E-state index < -0.39 is 0 Å². The quantitative estimate of drug-likeness (QED) is 0.265. The monoisotopic (exact) mass is 422 g/mol. The average Bonchev–Trinajstić information content (AvgIpc) is 3.27. The van der Waals surface area contributed by atoms with Gasteiger partial charge in [0.05, 0.1) is 16.7 Å². The van der Waals surface area contributed by atoms with Gasteiger partial charge in [-0.25, -0.2) is 4.98 Å². The van der Waals surface area contributed by atoms with Crippen LogP contribution in [0.1, 0.15) is 0 Å². The highest BCUT2D eigenvalue weighted by Gasteiger charge is 2.12. The molecule has 0 aliphatic rings. The van der Waals surface area contributed by atoms with E-state index in [1.165, 1.54) is 0 Å². The Hall–Kier alpha value is -4.50. The molecule has 0 bridgehead atoms. The molecule has 4 aromatic carbocycles. The van der Waals surface area contributed by atoms with E-state index in [4.69, 9.17) is 9.40 Å². The Kier molecular flexibility index (Phi) is 3.84. The van der Waals surface area contributed by atoms with E-state index in [-0.39, 0.29) is 0 Å². The maximum atomic E-state index is 6.22. The van der Waals surface area contributed by atoms with Crippen LogP contribution in [0.4, 0.5) is 0 Å². The molecule has 7 aromatic rings. The molecule has 0 saturated heterocycles. The highest BCUT2D eigenvalue weighted by molar-refractivity contribution is 6.09. The van der Waals surface area contributed by atoms with E-state index in [0.717, 1.165) is 66.1 Å². The van der Waals surface area contributed by atoms with Crippen LogP contribution in [0, 0.1) is 0 Å². The molecule has 0 atom stereocenters. The zero-order chi connectivity index (χ0) is 21.8. The Morgan fingerprint density at radius 1 is 0.545 bits per heavy atom. The van der Waals surface area contributed by atoms with Crippen LogP contribution in [-0.2, 0) is 0 Å². The minimum Gasteiger partial charge on any atom is -0.455 e. The third-order valence-corrected chi connectivity index (χ3v) is 6.33. The van der Waals surface area contributed by atoms with E-state index in [9.17, 15) is 0 Å². The Balaban J connectivity index is 1.34. The number of benzene rings is 4. The van der Waals surface area contributed by atoms with Crippen LogP contribution in [0.25, 0.3) is 66.1 Å². The molecule has 0 fully saturated rings. The fourth-order valence-corrected chi connectivity index (χ4v) is 4.68. The Morgan fingerprint density at radius 3 is 2.21 bits per heavy atom. The number of para-hydroxylation sites is 2. The maximum absolute atomic E-state index is 6.22. The lowest BCUT2D eigenvalue weighted by molar-refractivity contribution is 0.670. The maximum Gasteiger partial charge on any atom is 0.143 e. The molecule has 0 saturated carbocycles. The Bertz CT molecular complexity index is 1810. The summed E-state index contributed by atoms with van der Waals surface area (Å²) in [6, 6.07) is 35.5. The van der Waals surface area contributed by atoms with Crippen molar-refractivity contribution < 1.29 is 4.42 Å². The summed E-state index contributed by atoms with van der Waals surface area (Å²) in [6.45, 7) is 0. The van der Waals surface area contributed by atoms with Crippen molar-refractivity contribution in [3.05, 3.63) is 109 Å². The predicted octanol–water partition coefficient (Wildman–Crippen LogP) is 8.02. The molecule has 3 aromatic heterocycles. The first-order valence-electron chi connectivity index (χ1n) is 11.0. The summed E-state index contributed by atoms with van der Waals surface area (Å²) in [4.78, 5) is 9.55. The van der Waals surface area contributed by atoms with Crippen molar-refractivity contribution >= 4 is 43.7 Å². The first-order valence-corrected chi connectivity index (χ1v) is 11.0. The van der Waals surface area contributed by atoms with Crippen LogP contribution in [0.5, 0.6) is 0 Å². The number of fused-ring (bicyclic) bond motifs is 6. The van der Waals surface area contributed by atoms with Gasteiger partial charge in [-0.05, 0) is 23.8 Å². The first-order chi connectivity index (χ1) is 16.3. The number of hydrogen-bond acceptors (Lipinski definition) is 3. The first kappa shape index (κ1) is 18.1. The molecule has 33 heavy (non-hydrogen) atoms. The summed E-state index contributed by atoms with van der Waals surface area (Å²) in [6.07, 6.45) is 1.82. The molecule has 3 heterocycles. The van der Waals surface area contributed by atoms with Gasteiger partial charge in [-0.3, -0.25) is 4.98 Å². The van der Waals surface area contributed by atoms with Gasteiger partial charge in [0.25, 0.3) is 0 Å². The molecule has 0 aliphatic heterocycles. The van der Waals surface area contributed by atoms with E-state index in [1.807, 2.05) is 30.5 Å². The van der Waals surface area contributed by atoms with Crippen molar-refractivity contribution in [1.29, 1.82) is 0 Å². The van der Waals surface area contributed by atoms with Gasteiger partial charge in [0.1, 0.15) is 11.2 Å². The highest BCUT2D eigenvalue weighted by Crippen LogP contribution is 2.36. The van der Waals surface area contributed by atoms with Gasteiger partial charge in [0.15, 0.2) is 0 Å². The summed E-state index contributed by atoms with van der Waals surface area (Å²) in [5.74, 6) is 0. The Labute approximate surface area is 190 Å². The molecular formula is C30H18N2O. The molecular weight excluding hydrogens is 404 g/mol. The lowest BCUT2D eigenvalue weighted by Gasteiger charge is -2.07. The highest BCUT2D eigenvalue weighted by atomic mass is 16.3. The number of hydrogen-bond donors (Lipinski definition) is 0. The second-order valence-corrected chi connectivity index (χ2v) is 8.27. The number of rotatable bonds is 2. The van der Waals surface area contributed by atoms with Gasteiger partial charge >= 0.3 is 0 Å². The van der Waals surface area contributed by atoms with Gasteiger partial charge in [0, 0.05) is 38.9 Å². The zero-order valence-electron chi connectivity index (χ0n) is 17.7. The second-order valence-electron chi connectivity index (χ2n) is 8.27. The smallest absolute Gasteiger partial charge is 0.143 e. The lowest BCUT2D eigenvalue weighted by atomic mass is 10.00. The number of nitrogens with zero attached hydrogens (tertiary/aromatic N) is 2. The second kappa shape index (κ2) is 7.01. The molecule has 0 aliphatic carbocycles. The number of aromatic nitrogens is 2. The summed E-state index contributed by atoms with van der Waals surface area (Å²) in [5, 5.41) is 4.48. The summed E-state index contributed by atoms with van der Waals surface area (Å²) >= 11 is 0. The van der Waals surface area contributed by atoms with Crippen molar-refractivity contribution in [2.45, 2.75) is 0 Å². The number of furan rings is 1. The van der Waals surface area contributed by atoms with Crippen LogP contribution in [0.3, 0.4) is 0 Å².